The van der Waals surface area contributed by atoms with Crippen molar-refractivity contribution in [2.75, 3.05) is 0 Å². The zero-order valence-corrected chi connectivity index (χ0v) is 11.5. The highest BCUT2D eigenvalue weighted by atomic mass is 79.9. The average Bonchev–Trinajstić information content (AvgIpc) is 2.27. The highest BCUT2D eigenvalue weighted by molar-refractivity contribution is 9.10. The smallest absolute Gasteiger partial charge is 0.110 e. The summed E-state index contributed by atoms with van der Waals surface area (Å²) < 4.78 is 0.972. The molecule has 1 aromatic carbocycles. The number of aromatic nitrogens is 1. The maximum Gasteiger partial charge on any atom is 0.110 e. The van der Waals surface area contributed by atoms with Crippen molar-refractivity contribution >= 4 is 26.8 Å². The molecule has 0 radical (unpaired) electrons. The number of halogens is 1. The molecule has 1 nitrogen and oxygen atoms in total. The van der Waals surface area contributed by atoms with Gasteiger partial charge in [-0.2, -0.15) is 0 Å². The van der Waals surface area contributed by atoms with Crippen molar-refractivity contribution in [3.05, 3.63) is 40.0 Å². The Morgan fingerprint density at radius 3 is 2.62 bits per heavy atom. The van der Waals surface area contributed by atoms with Crippen molar-refractivity contribution in [1.29, 1.82) is 0 Å². The van der Waals surface area contributed by atoms with Crippen LogP contribution in [0.25, 0.3) is 10.9 Å². The van der Waals surface area contributed by atoms with Crippen LogP contribution in [0, 0.1) is 0 Å². The fourth-order valence-corrected chi connectivity index (χ4v) is 2.61. The van der Waals surface area contributed by atoms with Crippen molar-refractivity contribution < 1.29 is 0 Å². The van der Waals surface area contributed by atoms with Gasteiger partial charge in [-0.15, -0.1) is 0 Å². The van der Waals surface area contributed by atoms with Crippen molar-refractivity contribution in [2.45, 2.75) is 33.1 Å². The van der Waals surface area contributed by atoms with Gasteiger partial charge in [0.15, 0.2) is 0 Å². The first-order valence-corrected chi connectivity index (χ1v) is 6.50. The summed E-state index contributed by atoms with van der Waals surface area (Å²) in [6.45, 7) is 6.56. The molecule has 0 atom stereocenters. The number of hydrogen-bond donors (Lipinski definition) is 0. The van der Waals surface area contributed by atoms with Crippen LogP contribution in [-0.4, -0.2) is 4.98 Å². The lowest BCUT2D eigenvalue weighted by Crippen LogP contribution is -1.93. The number of nitrogens with zero attached hydrogens (tertiary/aromatic N) is 1. The Balaban J connectivity index is 2.65. The lowest BCUT2D eigenvalue weighted by Gasteiger charge is -2.10. The Morgan fingerprint density at radius 1 is 1.25 bits per heavy atom. The van der Waals surface area contributed by atoms with E-state index in [4.69, 9.17) is 0 Å². The van der Waals surface area contributed by atoms with Crippen molar-refractivity contribution in [1.82, 2.24) is 4.98 Å². The van der Waals surface area contributed by atoms with Crippen LogP contribution < -0.4 is 0 Å². The Labute approximate surface area is 105 Å². The second-order valence-electron chi connectivity index (χ2n) is 4.40. The van der Waals surface area contributed by atoms with Crippen LogP contribution in [-0.2, 0) is 6.42 Å². The molecular weight excluding hydrogens is 262 g/mol. The second-order valence-corrected chi connectivity index (χ2v) is 5.15. The maximum absolute atomic E-state index is 4.59. The van der Waals surface area contributed by atoms with Crippen LogP contribution in [0.15, 0.2) is 28.9 Å². The van der Waals surface area contributed by atoms with Gasteiger partial charge in [0.2, 0.25) is 0 Å². The largest absolute Gasteiger partial charge is 0.241 e. The van der Waals surface area contributed by atoms with Gasteiger partial charge in [0.1, 0.15) is 4.60 Å². The number of fused-ring (bicyclic) bond motifs is 1. The molecule has 1 heterocycles. The monoisotopic (exact) mass is 277 g/mol. The third-order valence-electron chi connectivity index (χ3n) is 2.89. The summed E-state index contributed by atoms with van der Waals surface area (Å²) in [6, 6.07) is 8.73. The quantitative estimate of drug-likeness (QED) is 0.727. The summed E-state index contributed by atoms with van der Waals surface area (Å²) >= 11 is 3.54. The number of aryl methyl sites for hydroxylation is 1. The first-order valence-electron chi connectivity index (χ1n) is 5.71. The van der Waals surface area contributed by atoms with Gasteiger partial charge in [-0.1, -0.05) is 26.8 Å². The molecule has 0 spiro atoms. The molecule has 2 heteroatoms. The third-order valence-corrected chi connectivity index (χ3v) is 3.53. The zero-order chi connectivity index (χ0) is 11.7. The molecule has 84 valence electrons. The summed E-state index contributed by atoms with van der Waals surface area (Å²) in [5.41, 5.74) is 3.71. The van der Waals surface area contributed by atoms with E-state index in [-0.39, 0.29) is 0 Å². The molecule has 0 amide bonds. The normalized spacial score (nSPS) is 11.3. The topological polar surface area (TPSA) is 12.9 Å². The summed E-state index contributed by atoms with van der Waals surface area (Å²) in [4.78, 5) is 4.59. The lowest BCUT2D eigenvalue weighted by molar-refractivity contribution is 0.854. The molecule has 2 rings (SSSR count). The number of benzene rings is 1. The van der Waals surface area contributed by atoms with Gasteiger partial charge >= 0.3 is 0 Å². The van der Waals surface area contributed by atoms with E-state index < -0.39 is 0 Å². The minimum Gasteiger partial charge on any atom is -0.241 e. The van der Waals surface area contributed by atoms with Gasteiger partial charge < -0.3 is 0 Å². The first-order chi connectivity index (χ1) is 7.61. The second kappa shape index (κ2) is 4.54. The van der Waals surface area contributed by atoms with Gasteiger partial charge in [0.25, 0.3) is 0 Å². The number of pyridine rings is 1. The molecular formula is C14H16BrN. The molecule has 0 saturated carbocycles. The predicted octanol–water partition coefficient (Wildman–Crippen LogP) is 4.68. The van der Waals surface area contributed by atoms with Crippen LogP contribution >= 0.6 is 15.9 Å². The van der Waals surface area contributed by atoms with E-state index in [0.717, 1.165) is 16.5 Å². The number of rotatable bonds is 2. The van der Waals surface area contributed by atoms with Gasteiger partial charge in [0.05, 0.1) is 5.52 Å². The number of hydrogen-bond acceptors (Lipinski definition) is 1. The lowest BCUT2D eigenvalue weighted by atomic mass is 10.0. The molecule has 2 aromatic rings. The van der Waals surface area contributed by atoms with E-state index in [1.54, 1.807) is 0 Å². The molecule has 0 fully saturated rings. The maximum atomic E-state index is 4.59. The summed E-state index contributed by atoms with van der Waals surface area (Å²) in [5.74, 6) is 0.497. The van der Waals surface area contributed by atoms with Crippen molar-refractivity contribution in [3.8, 4) is 0 Å². The fourth-order valence-electron chi connectivity index (χ4n) is 1.84. The van der Waals surface area contributed by atoms with Gasteiger partial charge in [0, 0.05) is 5.39 Å². The third kappa shape index (κ3) is 2.12. The summed E-state index contributed by atoms with van der Waals surface area (Å²) in [6.07, 6.45) is 1.07. The highest BCUT2D eigenvalue weighted by Crippen LogP contribution is 2.27. The minimum atomic E-state index is 0.497. The van der Waals surface area contributed by atoms with E-state index >= 15 is 0 Å². The van der Waals surface area contributed by atoms with E-state index in [9.17, 15) is 0 Å². The minimum absolute atomic E-state index is 0.497. The molecule has 0 bridgehead atoms. The van der Waals surface area contributed by atoms with Crippen molar-refractivity contribution in [3.63, 3.8) is 0 Å². The molecule has 0 aliphatic heterocycles. The fraction of sp³-hybridized carbons (Fsp3) is 0.357. The summed E-state index contributed by atoms with van der Waals surface area (Å²) in [7, 11) is 0. The Morgan fingerprint density at radius 2 is 2.00 bits per heavy atom. The standard InChI is InChI=1S/C14H16BrN/c1-4-10-5-6-13-11(7-10)8-12(9(2)3)14(15)16-13/h5-9H,4H2,1-3H3. The zero-order valence-electron chi connectivity index (χ0n) is 9.92. The first kappa shape index (κ1) is 11.6. The van der Waals surface area contributed by atoms with Crippen molar-refractivity contribution in [2.24, 2.45) is 0 Å². The van der Waals surface area contributed by atoms with E-state index in [1.807, 2.05) is 0 Å². The molecule has 0 saturated heterocycles. The predicted molar refractivity (Wildman–Crippen MR) is 72.9 cm³/mol. The van der Waals surface area contributed by atoms with Crippen LogP contribution in [0.5, 0.6) is 0 Å². The Kier molecular flexibility index (Phi) is 3.29. The average molecular weight is 278 g/mol. The van der Waals surface area contributed by atoms with E-state index in [0.29, 0.717) is 5.92 Å². The molecule has 0 aliphatic carbocycles. The highest BCUT2D eigenvalue weighted by Gasteiger charge is 2.08. The molecule has 0 aliphatic rings. The van der Waals surface area contributed by atoms with Crippen LogP contribution in [0.2, 0.25) is 0 Å². The summed E-state index contributed by atoms with van der Waals surface area (Å²) in [5, 5.41) is 1.24. The molecule has 0 unspecified atom stereocenters. The van der Waals surface area contributed by atoms with Crippen LogP contribution in [0.1, 0.15) is 37.8 Å². The molecule has 1 aromatic heterocycles. The molecule has 16 heavy (non-hydrogen) atoms. The van der Waals surface area contributed by atoms with Crippen LogP contribution in [0.3, 0.4) is 0 Å². The van der Waals surface area contributed by atoms with E-state index in [2.05, 4.69) is 66.0 Å². The van der Waals surface area contributed by atoms with Gasteiger partial charge in [-0.3, -0.25) is 0 Å². The van der Waals surface area contributed by atoms with Gasteiger partial charge in [-0.05, 0) is 57.6 Å². The van der Waals surface area contributed by atoms with E-state index in [1.165, 1.54) is 16.5 Å². The Bertz CT molecular complexity index is 517. The molecule has 0 N–H and O–H groups in total. The SMILES string of the molecule is CCc1ccc2nc(Br)c(C(C)C)cc2c1. The van der Waals surface area contributed by atoms with Crippen LogP contribution in [0.4, 0.5) is 0 Å². The van der Waals surface area contributed by atoms with Gasteiger partial charge in [-0.25, -0.2) is 4.98 Å². The Hall–Kier alpha value is -0.890.